The summed E-state index contributed by atoms with van der Waals surface area (Å²) in [4.78, 5) is 26.0. The molecule has 7 nitrogen and oxygen atoms in total. The summed E-state index contributed by atoms with van der Waals surface area (Å²) in [5.41, 5.74) is 4.73. The fourth-order valence-electron chi connectivity index (χ4n) is 5.21. The molecule has 1 amide bonds. The van der Waals surface area contributed by atoms with E-state index in [1.807, 2.05) is 38.1 Å². The van der Waals surface area contributed by atoms with Crippen LogP contribution in [0.25, 0.3) is 11.4 Å². The van der Waals surface area contributed by atoms with Crippen LogP contribution in [0.3, 0.4) is 0 Å². The van der Waals surface area contributed by atoms with E-state index in [4.69, 9.17) is 4.74 Å². The molecule has 0 radical (unpaired) electrons. The highest BCUT2D eigenvalue weighted by Gasteiger charge is 2.45. The number of hydrogen-bond acceptors (Lipinski definition) is 6. The highest BCUT2D eigenvalue weighted by Crippen LogP contribution is 2.41. The van der Waals surface area contributed by atoms with Crippen LogP contribution in [0, 0.1) is 5.41 Å². The number of carbonyl (C=O) groups is 1. The van der Waals surface area contributed by atoms with E-state index in [9.17, 15) is 4.79 Å². The third-order valence-electron chi connectivity index (χ3n) is 6.81. The molecule has 0 saturated carbocycles. The summed E-state index contributed by atoms with van der Waals surface area (Å²) in [6, 6.07) is 6.30. The van der Waals surface area contributed by atoms with Crippen molar-refractivity contribution in [3.8, 4) is 11.4 Å². The molecule has 3 aliphatic rings. The van der Waals surface area contributed by atoms with E-state index < -0.39 is 5.60 Å². The highest BCUT2D eigenvalue weighted by molar-refractivity contribution is 5.72. The molecule has 5 rings (SSSR count). The number of fused-ring (bicyclic) bond motifs is 1. The van der Waals surface area contributed by atoms with Crippen LogP contribution in [0.5, 0.6) is 0 Å². The minimum Gasteiger partial charge on any atom is -0.444 e. The Balaban J connectivity index is 1.13. The molecule has 1 aromatic carbocycles. The Morgan fingerprint density at radius 2 is 1.88 bits per heavy atom. The average Bonchev–Trinajstić information content (AvgIpc) is 3.21. The van der Waals surface area contributed by atoms with Crippen molar-refractivity contribution in [3.05, 3.63) is 41.7 Å². The minimum absolute atomic E-state index is 0.180. The zero-order valence-corrected chi connectivity index (χ0v) is 19.4. The van der Waals surface area contributed by atoms with Gasteiger partial charge in [0.25, 0.3) is 0 Å². The number of carbonyl (C=O) groups excluding carboxylic acids is 1. The van der Waals surface area contributed by atoms with Crippen LogP contribution in [0.2, 0.25) is 0 Å². The number of aromatic nitrogens is 2. The van der Waals surface area contributed by atoms with Crippen molar-refractivity contribution in [1.29, 1.82) is 0 Å². The Morgan fingerprint density at radius 1 is 1.16 bits per heavy atom. The second kappa shape index (κ2) is 8.03. The van der Waals surface area contributed by atoms with Crippen LogP contribution in [0.4, 0.5) is 10.5 Å². The fourth-order valence-corrected chi connectivity index (χ4v) is 5.21. The number of nitrogens with zero attached hydrogens (tertiary/aromatic N) is 4. The first kappa shape index (κ1) is 21.2. The van der Waals surface area contributed by atoms with E-state index in [1.54, 1.807) is 0 Å². The lowest BCUT2D eigenvalue weighted by Crippen LogP contribution is -2.60. The second-order valence-corrected chi connectivity index (χ2v) is 10.5. The van der Waals surface area contributed by atoms with Crippen molar-refractivity contribution < 1.29 is 9.53 Å². The van der Waals surface area contributed by atoms with Crippen LogP contribution >= 0.6 is 0 Å². The number of rotatable bonds is 3. The number of nitrogens with one attached hydrogen (secondary N) is 1. The van der Waals surface area contributed by atoms with Crippen LogP contribution in [0.1, 0.15) is 44.7 Å². The summed E-state index contributed by atoms with van der Waals surface area (Å²) in [5.74, 6) is 0.809. The van der Waals surface area contributed by atoms with Crippen LogP contribution in [-0.4, -0.2) is 64.2 Å². The van der Waals surface area contributed by atoms with Crippen LogP contribution < -0.4 is 5.32 Å². The molecule has 32 heavy (non-hydrogen) atoms. The monoisotopic (exact) mass is 435 g/mol. The van der Waals surface area contributed by atoms with Gasteiger partial charge in [0.1, 0.15) is 5.60 Å². The Labute approximate surface area is 190 Å². The summed E-state index contributed by atoms with van der Waals surface area (Å²) in [6.45, 7) is 11.3. The minimum atomic E-state index is -0.436. The Morgan fingerprint density at radius 3 is 2.56 bits per heavy atom. The number of likely N-dealkylation sites (tertiary alicyclic amines) is 2. The van der Waals surface area contributed by atoms with E-state index in [0.29, 0.717) is 5.41 Å². The lowest BCUT2D eigenvalue weighted by Gasteiger charge is -2.54. The number of hydrogen-bond donors (Lipinski definition) is 1. The molecule has 0 atom stereocenters. The first-order valence-corrected chi connectivity index (χ1v) is 11.7. The van der Waals surface area contributed by atoms with Gasteiger partial charge in [-0.05, 0) is 57.1 Å². The highest BCUT2D eigenvalue weighted by atomic mass is 16.6. The molecule has 1 spiro atoms. The zero-order chi connectivity index (χ0) is 22.3. The third-order valence-corrected chi connectivity index (χ3v) is 6.81. The lowest BCUT2D eigenvalue weighted by atomic mass is 9.72. The molecule has 0 aliphatic carbocycles. The maximum Gasteiger partial charge on any atom is 0.410 e. The summed E-state index contributed by atoms with van der Waals surface area (Å²) in [7, 11) is 0. The predicted molar refractivity (Wildman–Crippen MR) is 124 cm³/mol. The number of ether oxygens (including phenoxy) is 1. The van der Waals surface area contributed by atoms with E-state index >= 15 is 0 Å². The van der Waals surface area contributed by atoms with Gasteiger partial charge >= 0.3 is 6.09 Å². The predicted octanol–water partition coefficient (Wildman–Crippen LogP) is 3.94. The van der Waals surface area contributed by atoms with Crippen molar-refractivity contribution in [1.82, 2.24) is 19.8 Å². The van der Waals surface area contributed by atoms with Gasteiger partial charge in [0.05, 0.1) is 0 Å². The fraction of sp³-hybridized carbons (Fsp3) is 0.560. The largest absolute Gasteiger partial charge is 0.444 e. The lowest BCUT2D eigenvalue weighted by molar-refractivity contribution is -0.0551. The molecule has 0 unspecified atom stereocenters. The summed E-state index contributed by atoms with van der Waals surface area (Å²) in [6.07, 6.45) is 6.88. The molecule has 0 bridgehead atoms. The molecule has 2 saturated heterocycles. The molecule has 1 N–H and O–H groups in total. The van der Waals surface area contributed by atoms with Gasteiger partial charge in [-0.2, -0.15) is 0 Å². The van der Waals surface area contributed by atoms with E-state index in [2.05, 4.69) is 38.4 Å². The van der Waals surface area contributed by atoms with Gasteiger partial charge in [-0.15, -0.1) is 0 Å². The van der Waals surface area contributed by atoms with Crippen molar-refractivity contribution in [2.45, 2.75) is 52.2 Å². The maximum atomic E-state index is 12.3. The standard InChI is InChI=1S/C25H33N5O2/c1-24(2,3)32-23(31)30-11-8-25(9-12-30)16-29(17-25)15-18-13-27-22(28-14-18)20-5-4-6-21-19(20)7-10-26-21/h4-6,13-14,26H,7-12,15-17H2,1-3H3. The molecular weight excluding hydrogens is 402 g/mol. The van der Waals surface area contributed by atoms with Gasteiger partial charge in [0, 0.05) is 68.5 Å². The van der Waals surface area contributed by atoms with Crippen molar-refractivity contribution in [3.63, 3.8) is 0 Å². The first-order chi connectivity index (χ1) is 15.3. The average molecular weight is 436 g/mol. The Bertz CT molecular complexity index is 982. The SMILES string of the molecule is CC(C)(C)OC(=O)N1CCC2(CC1)CN(Cc1cnc(-c3cccc4c3CCN4)nc1)C2. The molecule has 1 aromatic heterocycles. The van der Waals surface area contributed by atoms with Gasteiger partial charge in [0.2, 0.25) is 0 Å². The van der Waals surface area contributed by atoms with Crippen LogP contribution in [0.15, 0.2) is 30.6 Å². The Hall–Kier alpha value is -2.67. The van der Waals surface area contributed by atoms with E-state index in [1.165, 1.54) is 11.3 Å². The normalized spacial score (nSPS) is 19.9. The second-order valence-electron chi connectivity index (χ2n) is 10.5. The summed E-state index contributed by atoms with van der Waals surface area (Å²) < 4.78 is 5.52. The van der Waals surface area contributed by atoms with Gasteiger partial charge < -0.3 is 15.0 Å². The number of benzene rings is 1. The first-order valence-electron chi connectivity index (χ1n) is 11.7. The number of piperidine rings is 1. The Kier molecular flexibility index (Phi) is 5.32. The van der Waals surface area contributed by atoms with Crippen molar-refractivity contribution >= 4 is 11.8 Å². The molecule has 170 valence electrons. The van der Waals surface area contributed by atoms with Crippen LogP contribution in [-0.2, 0) is 17.7 Å². The number of amides is 1. The molecule has 2 fully saturated rings. The molecule has 2 aromatic rings. The quantitative estimate of drug-likeness (QED) is 0.787. The van der Waals surface area contributed by atoms with Gasteiger partial charge in [-0.3, -0.25) is 4.90 Å². The third kappa shape index (κ3) is 4.31. The topological polar surface area (TPSA) is 70.6 Å². The number of anilines is 1. The summed E-state index contributed by atoms with van der Waals surface area (Å²) in [5, 5.41) is 3.42. The molecule has 3 aliphatic heterocycles. The van der Waals surface area contributed by atoms with Gasteiger partial charge in [-0.25, -0.2) is 14.8 Å². The van der Waals surface area contributed by atoms with E-state index in [-0.39, 0.29) is 6.09 Å². The summed E-state index contributed by atoms with van der Waals surface area (Å²) >= 11 is 0. The van der Waals surface area contributed by atoms with Crippen molar-refractivity contribution in [2.24, 2.45) is 5.41 Å². The molecular formula is C25H33N5O2. The van der Waals surface area contributed by atoms with Gasteiger partial charge in [-0.1, -0.05) is 12.1 Å². The maximum absolute atomic E-state index is 12.3. The molecule has 4 heterocycles. The smallest absolute Gasteiger partial charge is 0.410 e. The molecule has 7 heteroatoms. The van der Waals surface area contributed by atoms with E-state index in [0.717, 1.165) is 75.5 Å². The zero-order valence-electron chi connectivity index (χ0n) is 19.4. The van der Waals surface area contributed by atoms with Crippen molar-refractivity contribution in [2.75, 3.05) is 38.0 Å². The van der Waals surface area contributed by atoms with Gasteiger partial charge in [0.15, 0.2) is 5.82 Å².